The monoisotopic (exact) mass is 233 g/mol. The average Bonchev–Trinajstić information content (AvgIpc) is 2.52. The molecule has 0 spiro atoms. The van der Waals surface area contributed by atoms with Gasteiger partial charge >= 0.3 is 6.09 Å². The molecule has 0 radical (unpaired) electrons. The molecular weight excluding hydrogens is 222 g/mol. The molecule has 2 N–H and O–H groups in total. The van der Waals surface area contributed by atoms with Crippen LogP contribution in [0.25, 0.3) is 0 Å². The first kappa shape index (κ1) is 12.0. The lowest BCUT2D eigenvalue weighted by Gasteiger charge is -2.12. The Hall–Kier alpha value is -2.06. The van der Waals surface area contributed by atoms with Gasteiger partial charge in [-0.2, -0.15) is 0 Å². The largest absolute Gasteiger partial charge is 0.434 e. The Balaban J connectivity index is 2.25. The number of ether oxygens (including phenoxy) is 1. The smallest absolute Gasteiger partial charge is 0.408 e. The van der Waals surface area contributed by atoms with E-state index in [1.807, 2.05) is 0 Å². The molecule has 9 heteroatoms. The van der Waals surface area contributed by atoms with Gasteiger partial charge in [0.1, 0.15) is 6.61 Å². The van der Waals surface area contributed by atoms with Gasteiger partial charge < -0.3 is 20.2 Å². The number of hydrogen-bond donors (Lipinski definition) is 2. The van der Waals surface area contributed by atoms with Crippen LogP contribution < -0.4 is 10.6 Å². The second kappa shape index (κ2) is 5.14. The first-order chi connectivity index (χ1) is 7.50. The molecule has 1 saturated heterocycles. The summed E-state index contributed by atoms with van der Waals surface area (Å²) in [5.41, 5.74) is 0. The summed E-state index contributed by atoms with van der Waals surface area (Å²) in [4.78, 5) is 35.9. The van der Waals surface area contributed by atoms with Crippen LogP contribution >= 0.6 is 0 Å². The van der Waals surface area contributed by atoms with E-state index in [0.717, 1.165) is 0 Å². The van der Waals surface area contributed by atoms with Gasteiger partial charge in [0.25, 0.3) is 11.0 Å². The molecule has 90 valence electrons. The van der Waals surface area contributed by atoms with E-state index in [4.69, 9.17) is 0 Å². The molecule has 0 aliphatic carbocycles. The number of rotatable bonds is 5. The number of hydrogen-bond acceptors (Lipinski definition) is 6. The van der Waals surface area contributed by atoms with Crippen molar-refractivity contribution in [3.8, 4) is 0 Å². The van der Waals surface area contributed by atoms with Crippen LogP contribution in [0, 0.1) is 10.1 Å². The van der Waals surface area contributed by atoms with E-state index in [2.05, 4.69) is 20.2 Å². The minimum Gasteiger partial charge on any atom is -0.434 e. The van der Waals surface area contributed by atoms with E-state index in [-0.39, 0.29) is 13.2 Å². The van der Waals surface area contributed by atoms with Gasteiger partial charge in [0.2, 0.25) is 6.10 Å². The van der Waals surface area contributed by atoms with E-state index >= 15 is 0 Å². The molecule has 1 aliphatic heterocycles. The predicted octanol–water partition coefficient (Wildman–Crippen LogP) is -1.19. The Morgan fingerprint density at radius 3 is 2.94 bits per heavy atom. The zero-order valence-electron chi connectivity index (χ0n) is 8.47. The van der Waals surface area contributed by atoms with Crippen LogP contribution in [0.2, 0.25) is 0 Å². The van der Waals surface area contributed by atoms with E-state index in [1.54, 1.807) is 6.92 Å². The van der Waals surface area contributed by atoms with E-state index in [9.17, 15) is 19.7 Å². The molecule has 0 aromatic rings. The number of carbonyl (C=O) groups excluding carboxylic acids is 2. The van der Waals surface area contributed by atoms with Gasteiger partial charge in [0.15, 0.2) is 0 Å². The number of carbonyl (C=O) groups is 2. The molecule has 1 heterocycles. The van der Waals surface area contributed by atoms with Crippen molar-refractivity contribution >= 4 is 12.0 Å². The lowest BCUT2D eigenvalue weighted by molar-refractivity contribution is -0.757. The zero-order chi connectivity index (χ0) is 12.1. The third kappa shape index (κ3) is 3.26. The van der Waals surface area contributed by atoms with Crippen LogP contribution in [0.3, 0.4) is 0 Å². The first-order valence-corrected chi connectivity index (χ1v) is 4.53. The Kier molecular flexibility index (Phi) is 3.86. The van der Waals surface area contributed by atoms with Crippen molar-refractivity contribution in [2.75, 3.05) is 13.2 Å². The number of nitrogens with zero attached hydrogens (tertiary/aromatic N) is 1. The van der Waals surface area contributed by atoms with Crippen LogP contribution in [0.1, 0.15) is 6.92 Å². The van der Waals surface area contributed by atoms with Crippen LogP contribution in [-0.4, -0.2) is 42.4 Å². The molecule has 1 rings (SSSR count). The molecule has 0 aromatic heterocycles. The topological polar surface area (TPSA) is 120 Å². The highest BCUT2D eigenvalue weighted by Gasteiger charge is 2.36. The highest BCUT2D eigenvalue weighted by molar-refractivity contribution is 5.86. The van der Waals surface area contributed by atoms with Gasteiger partial charge in [-0.25, -0.2) is 4.79 Å². The lowest BCUT2D eigenvalue weighted by atomic mass is 10.2. The van der Waals surface area contributed by atoms with Crippen molar-refractivity contribution in [1.82, 2.24) is 10.6 Å². The van der Waals surface area contributed by atoms with E-state index in [1.165, 1.54) is 0 Å². The summed E-state index contributed by atoms with van der Waals surface area (Å²) >= 11 is 0. The van der Waals surface area contributed by atoms with Gasteiger partial charge in [0, 0.05) is 6.54 Å². The highest BCUT2D eigenvalue weighted by Crippen LogP contribution is 2.07. The summed E-state index contributed by atoms with van der Waals surface area (Å²) in [6.45, 7) is 1.34. The molecule has 2 atom stereocenters. The van der Waals surface area contributed by atoms with Crippen LogP contribution in [0.5, 0.6) is 0 Å². The quantitative estimate of drug-likeness (QED) is 0.350. The van der Waals surface area contributed by atoms with Gasteiger partial charge in [-0.3, -0.25) is 4.79 Å². The molecule has 0 bridgehead atoms. The minimum atomic E-state index is -0.952. The second-order valence-electron chi connectivity index (χ2n) is 3.11. The number of amides is 2. The third-order valence-electron chi connectivity index (χ3n) is 1.89. The third-order valence-corrected chi connectivity index (χ3v) is 1.89. The molecule has 9 nitrogen and oxygen atoms in total. The first-order valence-electron chi connectivity index (χ1n) is 4.53. The fraction of sp³-hybridized carbons (Fsp3) is 0.714. The summed E-state index contributed by atoms with van der Waals surface area (Å²) in [5, 5.41) is 13.6. The van der Waals surface area contributed by atoms with Crippen molar-refractivity contribution in [3.63, 3.8) is 0 Å². The van der Waals surface area contributed by atoms with Gasteiger partial charge in [-0.1, -0.05) is 0 Å². The number of nitrogens with one attached hydrogen (secondary N) is 2. The highest BCUT2D eigenvalue weighted by atomic mass is 16.9. The Morgan fingerprint density at radius 1 is 1.75 bits per heavy atom. The molecule has 2 amide bonds. The molecular formula is C7H11N3O6. The van der Waals surface area contributed by atoms with Crippen LogP contribution in [-0.2, 0) is 14.4 Å². The molecule has 0 unspecified atom stereocenters. The Morgan fingerprint density at radius 2 is 2.44 bits per heavy atom. The summed E-state index contributed by atoms with van der Waals surface area (Å²) in [5.74, 6) is -0.516. The number of alkyl carbamates (subject to hydrolysis) is 1. The molecule has 1 fully saturated rings. The Labute approximate surface area is 90.2 Å². The summed E-state index contributed by atoms with van der Waals surface area (Å²) < 4.78 is 4.68. The van der Waals surface area contributed by atoms with Crippen molar-refractivity contribution in [2.45, 2.75) is 19.1 Å². The minimum absolute atomic E-state index is 0.0272. The summed E-state index contributed by atoms with van der Waals surface area (Å²) in [6, 6.07) is -0.427. The van der Waals surface area contributed by atoms with Gasteiger partial charge in [0.05, 0.1) is 6.04 Å². The standard InChI is InChI=1S/C7H11N3O6/c1-4-5(16-7(12)9-4)6(11)8-2-3-15-10(13)14/h4-5H,2-3H2,1H3,(H,8,11)(H,9,12)/t4-,5+/m1/s1. The van der Waals surface area contributed by atoms with Crippen molar-refractivity contribution < 1.29 is 24.3 Å². The zero-order valence-corrected chi connectivity index (χ0v) is 8.47. The van der Waals surface area contributed by atoms with Crippen LogP contribution in [0.4, 0.5) is 4.79 Å². The van der Waals surface area contributed by atoms with Crippen molar-refractivity contribution in [1.29, 1.82) is 0 Å². The lowest BCUT2D eigenvalue weighted by Crippen LogP contribution is -2.42. The predicted molar refractivity (Wildman–Crippen MR) is 48.8 cm³/mol. The maximum Gasteiger partial charge on any atom is 0.408 e. The Bertz CT molecular complexity index is 306. The van der Waals surface area contributed by atoms with E-state index < -0.39 is 29.2 Å². The van der Waals surface area contributed by atoms with E-state index in [0.29, 0.717) is 0 Å². The molecule has 1 aliphatic rings. The van der Waals surface area contributed by atoms with Gasteiger partial charge in [-0.15, -0.1) is 10.1 Å². The number of cyclic esters (lactones) is 1. The summed E-state index contributed by atoms with van der Waals surface area (Å²) in [6.07, 6.45) is -1.57. The second-order valence-corrected chi connectivity index (χ2v) is 3.11. The molecule has 0 aromatic carbocycles. The molecule has 16 heavy (non-hydrogen) atoms. The fourth-order valence-corrected chi connectivity index (χ4v) is 1.19. The maximum atomic E-state index is 11.4. The van der Waals surface area contributed by atoms with Crippen LogP contribution in [0.15, 0.2) is 0 Å². The fourth-order valence-electron chi connectivity index (χ4n) is 1.19. The van der Waals surface area contributed by atoms with Crippen molar-refractivity contribution in [3.05, 3.63) is 10.1 Å². The van der Waals surface area contributed by atoms with Crippen molar-refractivity contribution in [2.24, 2.45) is 0 Å². The normalized spacial score (nSPS) is 23.2. The maximum absolute atomic E-state index is 11.4. The summed E-state index contributed by atoms with van der Waals surface area (Å²) in [7, 11) is 0. The van der Waals surface area contributed by atoms with Gasteiger partial charge in [-0.05, 0) is 6.92 Å². The average molecular weight is 233 g/mol. The SMILES string of the molecule is C[C@H]1NC(=O)O[C@@H]1C(=O)NCCO[N+](=O)[O-]. The molecule has 0 saturated carbocycles.